The van der Waals surface area contributed by atoms with Gasteiger partial charge in [0.15, 0.2) is 0 Å². The number of ether oxygens (including phenoxy) is 1. The van der Waals surface area contributed by atoms with Crippen LogP contribution in [0.2, 0.25) is 0 Å². The van der Waals surface area contributed by atoms with Gasteiger partial charge in [-0.2, -0.15) is 0 Å². The van der Waals surface area contributed by atoms with Gasteiger partial charge in [-0.1, -0.05) is 34.1 Å². The van der Waals surface area contributed by atoms with Gasteiger partial charge in [-0.25, -0.2) is 0 Å². The van der Waals surface area contributed by atoms with Gasteiger partial charge >= 0.3 is 0 Å². The van der Waals surface area contributed by atoms with E-state index in [4.69, 9.17) is 10.5 Å². The van der Waals surface area contributed by atoms with Crippen molar-refractivity contribution in [2.45, 2.75) is 19.9 Å². The minimum absolute atomic E-state index is 0.154. The van der Waals surface area contributed by atoms with Gasteiger partial charge in [0, 0.05) is 4.47 Å². The first-order chi connectivity index (χ1) is 9.52. The maximum absolute atomic E-state index is 6.35. The summed E-state index contributed by atoms with van der Waals surface area (Å²) in [6.07, 6.45) is 0. The molecule has 0 aromatic heterocycles. The van der Waals surface area contributed by atoms with Gasteiger partial charge in [-0.15, -0.1) is 0 Å². The first kappa shape index (κ1) is 15.5. The lowest BCUT2D eigenvalue weighted by Gasteiger charge is -2.15. The van der Waals surface area contributed by atoms with E-state index in [2.05, 4.69) is 57.0 Å². The van der Waals surface area contributed by atoms with Crippen molar-refractivity contribution in [3.05, 3.63) is 62.0 Å². The lowest BCUT2D eigenvalue weighted by Crippen LogP contribution is -2.12. The second-order valence-electron chi connectivity index (χ2n) is 4.61. The third-order valence-electron chi connectivity index (χ3n) is 3.17. The molecule has 0 fully saturated rings. The van der Waals surface area contributed by atoms with Gasteiger partial charge in [-0.3, -0.25) is 0 Å². The Kier molecular flexibility index (Phi) is 5.24. The highest BCUT2D eigenvalue weighted by Crippen LogP contribution is 2.31. The van der Waals surface area contributed by atoms with Crippen molar-refractivity contribution in [3.8, 4) is 5.75 Å². The van der Waals surface area contributed by atoms with Crippen molar-refractivity contribution in [2.24, 2.45) is 5.73 Å². The van der Waals surface area contributed by atoms with Gasteiger partial charge in [0.1, 0.15) is 5.75 Å². The molecule has 1 unspecified atom stereocenters. The van der Waals surface area contributed by atoms with Gasteiger partial charge in [0.05, 0.1) is 17.1 Å². The number of aryl methyl sites for hydroxylation is 1. The highest BCUT2D eigenvalue weighted by molar-refractivity contribution is 9.10. The Morgan fingerprint density at radius 2 is 1.65 bits per heavy atom. The molecule has 2 N–H and O–H groups in total. The van der Waals surface area contributed by atoms with Crippen molar-refractivity contribution in [2.75, 3.05) is 6.61 Å². The summed E-state index contributed by atoms with van der Waals surface area (Å²) in [4.78, 5) is 0. The first-order valence-corrected chi connectivity index (χ1v) is 8.05. The molecule has 2 rings (SSSR count). The summed E-state index contributed by atoms with van der Waals surface area (Å²) in [5.74, 6) is 0.841. The van der Waals surface area contributed by atoms with Crippen molar-refractivity contribution in [1.82, 2.24) is 0 Å². The monoisotopic (exact) mass is 397 g/mol. The van der Waals surface area contributed by atoms with Crippen molar-refractivity contribution in [1.29, 1.82) is 0 Å². The highest BCUT2D eigenvalue weighted by atomic mass is 79.9. The zero-order chi connectivity index (χ0) is 14.7. The quantitative estimate of drug-likeness (QED) is 0.789. The molecule has 0 saturated heterocycles. The molecule has 0 radical (unpaired) electrons. The Bertz CT molecular complexity index is 613. The molecule has 0 spiro atoms. The topological polar surface area (TPSA) is 35.2 Å². The molecular weight excluding hydrogens is 382 g/mol. The number of rotatable bonds is 4. The molecule has 2 nitrogen and oxygen atoms in total. The van der Waals surface area contributed by atoms with Crippen LogP contribution in [0.3, 0.4) is 0 Å². The summed E-state index contributed by atoms with van der Waals surface area (Å²) in [6.45, 7) is 4.68. The Labute approximate surface area is 136 Å². The zero-order valence-corrected chi connectivity index (χ0v) is 14.7. The van der Waals surface area contributed by atoms with E-state index in [0.717, 1.165) is 25.8 Å². The van der Waals surface area contributed by atoms with Crippen LogP contribution in [0.4, 0.5) is 0 Å². The number of halogens is 2. The molecule has 0 aliphatic rings. The summed E-state index contributed by atoms with van der Waals surface area (Å²) in [6, 6.07) is 12.0. The molecule has 0 bridgehead atoms. The van der Waals surface area contributed by atoms with E-state index in [-0.39, 0.29) is 6.04 Å². The molecule has 0 heterocycles. The molecule has 0 aliphatic carbocycles. The third kappa shape index (κ3) is 3.43. The second kappa shape index (κ2) is 6.74. The predicted octanol–water partition coefficient (Wildman–Crippen LogP) is 4.97. The largest absolute Gasteiger partial charge is 0.493 e. The summed E-state index contributed by atoms with van der Waals surface area (Å²) in [5, 5.41) is 0. The van der Waals surface area contributed by atoms with Crippen LogP contribution in [-0.4, -0.2) is 6.61 Å². The normalized spacial score (nSPS) is 12.2. The number of nitrogens with two attached hydrogens (primary N) is 1. The van der Waals surface area contributed by atoms with Crippen LogP contribution in [0.15, 0.2) is 45.3 Å². The lowest BCUT2D eigenvalue weighted by atomic mass is 9.99. The SMILES string of the molecule is CCOc1ccc(C(N)c2ccc(C)c(Br)c2)cc1Br. The van der Waals surface area contributed by atoms with E-state index >= 15 is 0 Å². The van der Waals surface area contributed by atoms with Crippen LogP contribution in [-0.2, 0) is 0 Å². The molecule has 2 aromatic carbocycles. The average Bonchev–Trinajstić information content (AvgIpc) is 2.43. The first-order valence-electron chi connectivity index (χ1n) is 6.46. The van der Waals surface area contributed by atoms with Gasteiger partial charge in [-0.05, 0) is 64.7 Å². The predicted molar refractivity (Wildman–Crippen MR) is 90.2 cm³/mol. The van der Waals surface area contributed by atoms with E-state index in [0.29, 0.717) is 6.61 Å². The van der Waals surface area contributed by atoms with E-state index < -0.39 is 0 Å². The molecule has 4 heteroatoms. The summed E-state index contributed by atoms with van der Waals surface area (Å²) >= 11 is 7.07. The number of hydrogen-bond donors (Lipinski definition) is 1. The second-order valence-corrected chi connectivity index (χ2v) is 6.32. The Morgan fingerprint density at radius 1 is 1.05 bits per heavy atom. The van der Waals surface area contributed by atoms with Gasteiger partial charge in [0.25, 0.3) is 0 Å². The third-order valence-corrected chi connectivity index (χ3v) is 4.64. The molecule has 106 valence electrons. The van der Waals surface area contributed by atoms with Crippen LogP contribution >= 0.6 is 31.9 Å². The fourth-order valence-corrected chi connectivity index (χ4v) is 2.89. The van der Waals surface area contributed by atoms with Crippen molar-refractivity contribution in [3.63, 3.8) is 0 Å². The van der Waals surface area contributed by atoms with E-state index in [1.165, 1.54) is 5.56 Å². The summed E-state index contributed by atoms with van der Waals surface area (Å²) < 4.78 is 7.53. The molecule has 0 amide bonds. The minimum atomic E-state index is -0.154. The maximum Gasteiger partial charge on any atom is 0.133 e. The number of benzene rings is 2. The molecule has 20 heavy (non-hydrogen) atoms. The minimum Gasteiger partial charge on any atom is -0.493 e. The van der Waals surface area contributed by atoms with Gasteiger partial charge in [0.2, 0.25) is 0 Å². The molecule has 1 atom stereocenters. The van der Waals surface area contributed by atoms with Crippen LogP contribution in [0.1, 0.15) is 29.7 Å². The lowest BCUT2D eigenvalue weighted by molar-refractivity contribution is 0.338. The van der Waals surface area contributed by atoms with Crippen LogP contribution in [0.5, 0.6) is 5.75 Å². The molecular formula is C16H17Br2NO. The van der Waals surface area contributed by atoms with E-state index in [1.807, 2.05) is 25.1 Å². The smallest absolute Gasteiger partial charge is 0.133 e. The van der Waals surface area contributed by atoms with E-state index in [9.17, 15) is 0 Å². The maximum atomic E-state index is 6.35. The van der Waals surface area contributed by atoms with E-state index in [1.54, 1.807) is 0 Å². The van der Waals surface area contributed by atoms with Crippen LogP contribution in [0.25, 0.3) is 0 Å². The zero-order valence-electron chi connectivity index (χ0n) is 11.5. The Hall–Kier alpha value is -0.840. The number of hydrogen-bond acceptors (Lipinski definition) is 2. The van der Waals surface area contributed by atoms with Crippen molar-refractivity contribution < 1.29 is 4.74 Å². The Morgan fingerprint density at radius 3 is 2.20 bits per heavy atom. The summed E-state index contributed by atoms with van der Waals surface area (Å²) in [5.41, 5.74) is 9.68. The fourth-order valence-electron chi connectivity index (χ4n) is 1.98. The molecule has 0 aliphatic heterocycles. The van der Waals surface area contributed by atoms with Crippen LogP contribution in [0, 0.1) is 6.92 Å². The fraction of sp³-hybridized carbons (Fsp3) is 0.250. The molecule has 2 aromatic rings. The molecule has 0 saturated carbocycles. The Balaban J connectivity index is 2.30. The highest BCUT2D eigenvalue weighted by Gasteiger charge is 2.12. The van der Waals surface area contributed by atoms with Crippen molar-refractivity contribution >= 4 is 31.9 Å². The van der Waals surface area contributed by atoms with Gasteiger partial charge < -0.3 is 10.5 Å². The standard InChI is InChI=1S/C16H17Br2NO/c1-3-20-15-7-6-12(9-14(15)18)16(19)11-5-4-10(2)13(17)8-11/h4-9,16H,3,19H2,1-2H3. The summed E-state index contributed by atoms with van der Waals surface area (Å²) in [7, 11) is 0. The van der Waals surface area contributed by atoms with Crippen LogP contribution < -0.4 is 10.5 Å². The average molecular weight is 399 g/mol.